The fourth-order valence-corrected chi connectivity index (χ4v) is 1.84. The van der Waals surface area contributed by atoms with Crippen LogP contribution >= 0.6 is 11.6 Å². The highest BCUT2D eigenvalue weighted by molar-refractivity contribution is 6.32. The lowest BCUT2D eigenvalue weighted by atomic mass is 9.83. The van der Waals surface area contributed by atoms with Crippen LogP contribution in [-0.2, 0) is 0 Å². The van der Waals surface area contributed by atoms with Gasteiger partial charge in [-0.25, -0.2) is 4.98 Å². The molecule has 82 valence electrons. The monoisotopic (exact) mass is 226 g/mol. The number of nitrogen functional groups attached to an aromatic ring is 1. The highest BCUT2D eigenvalue weighted by Crippen LogP contribution is 2.29. The molecule has 1 aliphatic carbocycles. The van der Waals surface area contributed by atoms with E-state index in [1.165, 1.54) is 31.9 Å². The number of nitrogens with two attached hydrogens (primary N) is 1. The number of hydrogen-bond donors (Lipinski definition) is 2. The third-order valence-electron chi connectivity index (χ3n) is 2.83. The highest BCUT2D eigenvalue weighted by Gasteiger charge is 2.16. The van der Waals surface area contributed by atoms with E-state index in [0.717, 1.165) is 12.5 Å². The van der Waals surface area contributed by atoms with Gasteiger partial charge in [-0.2, -0.15) is 4.98 Å². The second-order valence-corrected chi connectivity index (χ2v) is 4.34. The Morgan fingerprint density at radius 2 is 2.33 bits per heavy atom. The van der Waals surface area contributed by atoms with Gasteiger partial charge in [0.2, 0.25) is 5.95 Å². The zero-order valence-corrected chi connectivity index (χ0v) is 9.30. The van der Waals surface area contributed by atoms with E-state index >= 15 is 0 Å². The number of rotatable bonds is 4. The molecule has 5 heteroatoms. The normalized spacial score (nSPS) is 16.1. The summed E-state index contributed by atoms with van der Waals surface area (Å²) in [5.41, 5.74) is 5.48. The Balaban J connectivity index is 1.83. The standard InChI is InChI=1S/C10H15ClN4/c11-8-6-14-10(12)15-9(8)13-5-4-7-2-1-3-7/h6-7H,1-5H2,(H3,12,13,14,15). The minimum atomic E-state index is 0.255. The predicted octanol–water partition coefficient (Wildman–Crippen LogP) is 2.31. The molecular weight excluding hydrogens is 212 g/mol. The fraction of sp³-hybridized carbons (Fsp3) is 0.600. The zero-order valence-electron chi connectivity index (χ0n) is 8.54. The number of anilines is 2. The molecule has 0 aliphatic heterocycles. The molecule has 15 heavy (non-hydrogen) atoms. The first-order valence-electron chi connectivity index (χ1n) is 5.27. The zero-order chi connectivity index (χ0) is 10.7. The first-order chi connectivity index (χ1) is 7.25. The van der Waals surface area contributed by atoms with Gasteiger partial charge < -0.3 is 11.1 Å². The second kappa shape index (κ2) is 4.66. The van der Waals surface area contributed by atoms with Gasteiger partial charge >= 0.3 is 0 Å². The van der Waals surface area contributed by atoms with E-state index in [1.807, 2.05) is 0 Å². The summed E-state index contributed by atoms with van der Waals surface area (Å²) in [7, 11) is 0. The maximum Gasteiger partial charge on any atom is 0.222 e. The molecule has 0 spiro atoms. The van der Waals surface area contributed by atoms with Crippen LogP contribution in [0.1, 0.15) is 25.7 Å². The molecule has 1 saturated carbocycles. The van der Waals surface area contributed by atoms with Gasteiger partial charge in [-0.05, 0) is 12.3 Å². The molecule has 0 saturated heterocycles. The SMILES string of the molecule is Nc1ncc(Cl)c(NCCC2CCC2)n1. The van der Waals surface area contributed by atoms with Crippen molar-refractivity contribution in [2.45, 2.75) is 25.7 Å². The van der Waals surface area contributed by atoms with Gasteiger partial charge in [-0.3, -0.25) is 0 Å². The Hall–Kier alpha value is -1.03. The molecule has 0 radical (unpaired) electrons. The third-order valence-corrected chi connectivity index (χ3v) is 3.11. The van der Waals surface area contributed by atoms with Crippen LogP contribution in [0.5, 0.6) is 0 Å². The maximum atomic E-state index is 5.92. The first-order valence-corrected chi connectivity index (χ1v) is 5.65. The van der Waals surface area contributed by atoms with Gasteiger partial charge in [0.05, 0.1) is 6.20 Å². The number of aromatic nitrogens is 2. The van der Waals surface area contributed by atoms with E-state index in [1.54, 1.807) is 0 Å². The molecule has 2 rings (SSSR count). The van der Waals surface area contributed by atoms with Gasteiger partial charge in [-0.15, -0.1) is 0 Å². The van der Waals surface area contributed by atoms with Crippen LogP contribution in [0.2, 0.25) is 5.02 Å². The Bertz CT molecular complexity index is 338. The molecule has 0 atom stereocenters. The summed E-state index contributed by atoms with van der Waals surface area (Å²) in [6, 6.07) is 0. The number of halogens is 1. The van der Waals surface area contributed by atoms with Crippen molar-refractivity contribution in [3.63, 3.8) is 0 Å². The van der Waals surface area contributed by atoms with E-state index in [0.29, 0.717) is 10.8 Å². The summed E-state index contributed by atoms with van der Waals surface area (Å²) in [5, 5.41) is 3.72. The smallest absolute Gasteiger partial charge is 0.222 e. The van der Waals surface area contributed by atoms with Gasteiger partial charge in [0.25, 0.3) is 0 Å². The van der Waals surface area contributed by atoms with Crippen molar-refractivity contribution in [3.05, 3.63) is 11.2 Å². The van der Waals surface area contributed by atoms with Crippen LogP contribution in [0.25, 0.3) is 0 Å². The van der Waals surface area contributed by atoms with Gasteiger partial charge in [-0.1, -0.05) is 30.9 Å². The third kappa shape index (κ3) is 2.72. The van der Waals surface area contributed by atoms with Crippen molar-refractivity contribution >= 4 is 23.4 Å². The van der Waals surface area contributed by atoms with E-state index in [2.05, 4.69) is 15.3 Å². The molecule has 4 nitrogen and oxygen atoms in total. The van der Waals surface area contributed by atoms with Crippen LogP contribution in [0.4, 0.5) is 11.8 Å². The van der Waals surface area contributed by atoms with Gasteiger partial charge in [0.1, 0.15) is 10.8 Å². The number of nitrogens with zero attached hydrogens (tertiary/aromatic N) is 2. The Kier molecular flexibility index (Phi) is 3.26. The van der Waals surface area contributed by atoms with Crippen molar-refractivity contribution in [1.82, 2.24) is 9.97 Å². The summed E-state index contributed by atoms with van der Waals surface area (Å²) < 4.78 is 0. The van der Waals surface area contributed by atoms with E-state index in [4.69, 9.17) is 17.3 Å². The Morgan fingerprint density at radius 3 is 3.00 bits per heavy atom. The van der Waals surface area contributed by atoms with E-state index in [9.17, 15) is 0 Å². The predicted molar refractivity (Wildman–Crippen MR) is 61.9 cm³/mol. The number of nitrogens with one attached hydrogen (secondary N) is 1. The molecule has 1 heterocycles. The second-order valence-electron chi connectivity index (χ2n) is 3.94. The van der Waals surface area contributed by atoms with Crippen LogP contribution in [0.3, 0.4) is 0 Å². The maximum absolute atomic E-state index is 5.92. The lowest BCUT2D eigenvalue weighted by Crippen LogP contribution is -2.16. The first kappa shape index (κ1) is 10.5. The van der Waals surface area contributed by atoms with Crippen molar-refractivity contribution in [2.24, 2.45) is 5.92 Å². The minimum absolute atomic E-state index is 0.255. The molecule has 0 bridgehead atoms. The van der Waals surface area contributed by atoms with Crippen LogP contribution in [-0.4, -0.2) is 16.5 Å². The molecule has 0 amide bonds. The lowest BCUT2D eigenvalue weighted by molar-refractivity contribution is 0.303. The summed E-state index contributed by atoms with van der Waals surface area (Å²) in [4.78, 5) is 7.84. The molecule has 1 aromatic rings. The van der Waals surface area contributed by atoms with Crippen LogP contribution in [0.15, 0.2) is 6.20 Å². The largest absolute Gasteiger partial charge is 0.369 e. The lowest BCUT2D eigenvalue weighted by Gasteiger charge is -2.25. The van der Waals surface area contributed by atoms with Crippen molar-refractivity contribution in [3.8, 4) is 0 Å². The summed E-state index contributed by atoms with van der Waals surface area (Å²) in [5.74, 6) is 1.78. The quantitative estimate of drug-likeness (QED) is 0.827. The van der Waals surface area contributed by atoms with Crippen molar-refractivity contribution in [1.29, 1.82) is 0 Å². The van der Waals surface area contributed by atoms with Crippen LogP contribution in [0, 0.1) is 5.92 Å². The Labute approximate surface area is 94.2 Å². The van der Waals surface area contributed by atoms with E-state index in [-0.39, 0.29) is 5.95 Å². The average Bonchev–Trinajstić information content (AvgIpc) is 2.15. The molecule has 1 aromatic heterocycles. The number of hydrogen-bond acceptors (Lipinski definition) is 4. The van der Waals surface area contributed by atoms with Crippen LogP contribution < -0.4 is 11.1 Å². The highest BCUT2D eigenvalue weighted by atomic mass is 35.5. The summed E-state index contributed by atoms with van der Waals surface area (Å²) in [6.07, 6.45) is 6.81. The topological polar surface area (TPSA) is 63.8 Å². The molecule has 1 aliphatic rings. The molecule has 3 N–H and O–H groups in total. The summed E-state index contributed by atoms with van der Waals surface area (Å²) in [6.45, 7) is 0.904. The minimum Gasteiger partial charge on any atom is -0.369 e. The van der Waals surface area contributed by atoms with Crippen molar-refractivity contribution in [2.75, 3.05) is 17.6 Å². The molecular formula is C10H15ClN4. The van der Waals surface area contributed by atoms with Gasteiger partial charge in [0.15, 0.2) is 0 Å². The molecule has 0 aromatic carbocycles. The molecule has 0 unspecified atom stereocenters. The summed E-state index contributed by atoms with van der Waals surface area (Å²) >= 11 is 5.92. The fourth-order valence-electron chi connectivity index (χ4n) is 1.68. The van der Waals surface area contributed by atoms with E-state index < -0.39 is 0 Å². The van der Waals surface area contributed by atoms with Crippen molar-refractivity contribution < 1.29 is 0 Å². The Morgan fingerprint density at radius 1 is 1.53 bits per heavy atom. The molecule has 1 fully saturated rings. The van der Waals surface area contributed by atoms with Gasteiger partial charge in [0, 0.05) is 6.54 Å². The average molecular weight is 227 g/mol.